The van der Waals surface area contributed by atoms with Gasteiger partial charge in [0.05, 0.1) is 20.3 Å². The second-order valence-electron chi connectivity index (χ2n) is 7.53. The molecule has 2 heterocycles. The lowest BCUT2D eigenvalue weighted by Gasteiger charge is -2.43. The van der Waals surface area contributed by atoms with Crippen molar-refractivity contribution in [2.24, 2.45) is 0 Å². The van der Waals surface area contributed by atoms with Crippen LogP contribution in [0.15, 0.2) is 54.6 Å². The third-order valence-electron chi connectivity index (χ3n) is 5.64. The maximum Gasteiger partial charge on any atom is 0.320 e. The molecule has 2 aliphatic rings. The molecule has 5 nitrogen and oxygen atoms in total. The van der Waals surface area contributed by atoms with Crippen LogP contribution < -0.4 is 9.47 Å². The number of hydrogen-bond acceptors (Lipinski definition) is 5. The van der Waals surface area contributed by atoms with Gasteiger partial charge in [-0.05, 0) is 36.3 Å². The Morgan fingerprint density at radius 3 is 2.59 bits per heavy atom. The molecule has 5 heteroatoms. The molecule has 1 fully saturated rings. The van der Waals surface area contributed by atoms with Gasteiger partial charge in [0, 0.05) is 37.6 Å². The lowest BCUT2D eigenvalue weighted by molar-refractivity contribution is -0.145. The van der Waals surface area contributed by atoms with E-state index in [0.29, 0.717) is 13.2 Å². The van der Waals surface area contributed by atoms with Crippen LogP contribution in [0.4, 0.5) is 0 Å². The van der Waals surface area contributed by atoms with Gasteiger partial charge in [0.25, 0.3) is 0 Å². The van der Waals surface area contributed by atoms with Crippen LogP contribution >= 0.6 is 0 Å². The molecular weight excluding hydrogens is 366 g/mol. The highest BCUT2D eigenvalue weighted by atomic mass is 16.5. The second-order valence-corrected chi connectivity index (χ2v) is 7.53. The zero-order valence-electron chi connectivity index (χ0n) is 17.0. The minimum atomic E-state index is -0.379. The number of esters is 1. The number of ether oxygens (including phenoxy) is 3. The van der Waals surface area contributed by atoms with Crippen LogP contribution in [0.2, 0.25) is 0 Å². The third kappa shape index (κ3) is 4.15. The van der Waals surface area contributed by atoms with Crippen molar-refractivity contribution < 1.29 is 19.0 Å². The number of hydrogen-bond donors (Lipinski definition) is 0. The molecule has 0 atom stereocenters. The molecule has 2 aromatic rings. The van der Waals surface area contributed by atoms with Crippen molar-refractivity contribution in [3.8, 4) is 11.5 Å². The molecule has 152 valence electrons. The van der Waals surface area contributed by atoms with Gasteiger partial charge in [-0.1, -0.05) is 30.3 Å². The van der Waals surface area contributed by atoms with Crippen LogP contribution in [0.5, 0.6) is 11.5 Å². The molecule has 1 spiro atoms. The molecule has 0 aliphatic carbocycles. The Morgan fingerprint density at radius 1 is 1.14 bits per heavy atom. The van der Waals surface area contributed by atoms with E-state index in [4.69, 9.17) is 14.2 Å². The number of piperidine rings is 1. The van der Waals surface area contributed by atoms with Crippen molar-refractivity contribution in [3.63, 3.8) is 0 Å². The molecule has 0 amide bonds. The molecule has 0 N–H and O–H groups in total. The first-order valence-electron chi connectivity index (χ1n) is 10.2. The Morgan fingerprint density at radius 2 is 1.90 bits per heavy atom. The highest BCUT2D eigenvalue weighted by molar-refractivity contribution is 5.85. The van der Waals surface area contributed by atoms with Gasteiger partial charge in [0.1, 0.15) is 17.1 Å². The van der Waals surface area contributed by atoms with Gasteiger partial charge in [0.15, 0.2) is 0 Å². The molecule has 0 saturated carbocycles. The molecule has 2 aromatic carbocycles. The van der Waals surface area contributed by atoms with Crippen LogP contribution in [0, 0.1) is 0 Å². The zero-order valence-corrected chi connectivity index (χ0v) is 17.0. The minimum Gasteiger partial charge on any atom is -0.497 e. The number of methoxy groups -OCH3 is 1. The lowest BCUT2D eigenvalue weighted by Crippen LogP contribution is -2.49. The van der Waals surface area contributed by atoms with Crippen LogP contribution in [-0.4, -0.2) is 49.8 Å². The second kappa shape index (κ2) is 8.29. The van der Waals surface area contributed by atoms with E-state index in [1.165, 1.54) is 11.1 Å². The molecule has 2 aliphatic heterocycles. The van der Waals surface area contributed by atoms with E-state index in [1.807, 2.05) is 25.1 Å². The number of carbonyl (C=O) groups is 1. The molecular formula is C24H27NO4. The van der Waals surface area contributed by atoms with Gasteiger partial charge in [-0.3, -0.25) is 9.69 Å². The fourth-order valence-electron chi connectivity index (χ4n) is 4.11. The largest absolute Gasteiger partial charge is 0.497 e. The van der Waals surface area contributed by atoms with E-state index >= 15 is 0 Å². The normalized spacial score (nSPS) is 17.8. The Hall–Kier alpha value is -2.79. The summed E-state index contributed by atoms with van der Waals surface area (Å²) >= 11 is 0. The predicted octanol–water partition coefficient (Wildman–Crippen LogP) is 3.92. The first-order valence-corrected chi connectivity index (χ1v) is 10.2. The van der Waals surface area contributed by atoms with Crippen LogP contribution in [0.1, 0.15) is 30.9 Å². The Kier molecular flexibility index (Phi) is 5.58. The molecule has 29 heavy (non-hydrogen) atoms. The van der Waals surface area contributed by atoms with E-state index < -0.39 is 0 Å². The first-order chi connectivity index (χ1) is 14.1. The topological polar surface area (TPSA) is 48.0 Å². The van der Waals surface area contributed by atoms with Gasteiger partial charge in [0.2, 0.25) is 0 Å². The average molecular weight is 393 g/mol. The van der Waals surface area contributed by atoms with Gasteiger partial charge >= 0.3 is 5.97 Å². The third-order valence-corrected chi connectivity index (χ3v) is 5.64. The summed E-state index contributed by atoms with van der Waals surface area (Å²) in [5.74, 6) is 1.47. The maximum absolute atomic E-state index is 11.8. The lowest BCUT2D eigenvalue weighted by atomic mass is 9.83. The Bertz CT molecular complexity index is 898. The van der Waals surface area contributed by atoms with Gasteiger partial charge in [-0.25, -0.2) is 0 Å². The summed E-state index contributed by atoms with van der Waals surface area (Å²) in [4.78, 5) is 14.0. The summed E-state index contributed by atoms with van der Waals surface area (Å²) in [6.07, 6.45) is 3.91. The van der Waals surface area contributed by atoms with E-state index in [0.717, 1.165) is 43.0 Å². The zero-order chi connectivity index (χ0) is 20.3. The summed E-state index contributed by atoms with van der Waals surface area (Å²) in [5, 5.41) is 0. The summed E-state index contributed by atoms with van der Waals surface area (Å²) in [6, 6.07) is 16.4. The van der Waals surface area contributed by atoms with Crippen molar-refractivity contribution in [2.45, 2.75) is 25.4 Å². The number of rotatable bonds is 5. The number of benzene rings is 2. The highest BCUT2D eigenvalue weighted by Gasteiger charge is 2.39. The fourth-order valence-corrected chi connectivity index (χ4v) is 4.11. The number of likely N-dealkylation sites (tertiary alicyclic amines) is 1. The molecule has 0 unspecified atom stereocenters. The SMILES string of the molecule is CCOC(=O)CN1CCC2(C=C(c3ccccc3)c3ccc(OC)cc3O2)CC1. The van der Waals surface area contributed by atoms with Crippen molar-refractivity contribution in [3.05, 3.63) is 65.7 Å². The first kappa shape index (κ1) is 19.5. The molecule has 0 aromatic heterocycles. The van der Waals surface area contributed by atoms with Crippen molar-refractivity contribution in [1.82, 2.24) is 4.90 Å². The van der Waals surface area contributed by atoms with E-state index in [-0.39, 0.29) is 11.6 Å². The van der Waals surface area contributed by atoms with Crippen LogP contribution in [0.25, 0.3) is 5.57 Å². The smallest absolute Gasteiger partial charge is 0.320 e. The van der Waals surface area contributed by atoms with E-state index in [2.05, 4.69) is 41.3 Å². The summed E-state index contributed by atoms with van der Waals surface area (Å²) in [6.45, 7) is 4.17. The van der Waals surface area contributed by atoms with Crippen molar-refractivity contribution in [1.29, 1.82) is 0 Å². The maximum atomic E-state index is 11.8. The summed E-state index contributed by atoms with van der Waals surface area (Å²) in [7, 11) is 1.67. The van der Waals surface area contributed by atoms with Crippen LogP contribution in [0.3, 0.4) is 0 Å². The Balaban J connectivity index is 1.62. The average Bonchev–Trinajstić information content (AvgIpc) is 2.75. The fraction of sp³-hybridized carbons (Fsp3) is 0.375. The number of nitrogens with zero attached hydrogens (tertiary/aromatic N) is 1. The van der Waals surface area contributed by atoms with Crippen molar-refractivity contribution >= 4 is 11.5 Å². The van der Waals surface area contributed by atoms with E-state index in [9.17, 15) is 4.79 Å². The van der Waals surface area contributed by atoms with E-state index in [1.54, 1.807) is 7.11 Å². The highest BCUT2D eigenvalue weighted by Crippen LogP contribution is 2.44. The number of carbonyl (C=O) groups excluding carboxylic acids is 1. The molecule has 0 radical (unpaired) electrons. The summed E-state index contributed by atoms with van der Waals surface area (Å²) in [5.41, 5.74) is 3.07. The summed E-state index contributed by atoms with van der Waals surface area (Å²) < 4.78 is 17.1. The number of fused-ring (bicyclic) bond motifs is 1. The molecule has 0 bridgehead atoms. The minimum absolute atomic E-state index is 0.163. The van der Waals surface area contributed by atoms with Gasteiger partial charge in [-0.2, -0.15) is 0 Å². The van der Waals surface area contributed by atoms with Gasteiger partial charge in [-0.15, -0.1) is 0 Å². The Labute approximate surface area is 171 Å². The van der Waals surface area contributed by atoms with Gasteiger partial charge < -0.3 is 14.2 Å². The van der Waals surface area contributed by atoms with Crippen LogP contribution in [-0.2, 0) is 9.53 Å². The molecule has 1 saturated heterocycles. The molecule has 4 rings (SSSR count). The monoisotopic (exact) mass is 393 g/mol. The quantitative estimate of drug-likeness (QED) is 0.721. The standard InChI is InChI=1S/C24H27NO4/c1-3-28-23(26)17-25-13-11-24(12-14-25)16-21(18-7-5-4-6-8-18)20-10-9-19(27-2)15-22(20)29-24/h4-10,15-16H,3,11-14,17H2,1-2H3. The van der Waals surface area contributed by atoms with Crippen molar-refractivity contribution in [2.75, 3.05) is 33.4 Å². The predicted molar refractivity (Wildman–Crippen MR) is 112 cm³/mol.